The number of aromatic carboxylic acids is 1. The molecule has 0 aromatic carbocycles. The molecule has 2 aromatic heterocycles. The summed E-state index contributed by atoms with van der Waals surface area (Å²) in [6, 6.07) is 3.40. The molecule has 0 saturated carbocycles. The van der Waals surface area contributed by atoms with Crippen molar-refractivity contribution < 1.29 is 9.90 Å². The molecule has 4 nitrogen and oxygen atoms in total. The van der Waals surface area contributed by atoms with Gasteiger partial charge in [0.25, 0.3) is 0 Å². The molecule has 0 spiro atoms. The molecule has 100 valence electrons. The summed E-state index contributed by atoms with van der Waals surface area (Å²) in [5.74, 6) is 1.30. The lowest BCUT2D eigenvalue weighted by atomic mass is 10.1. The van der Waals surface area contributed by atoms with Crippen LogP contribution in [-0.2, 0) is 6.42 Å². The van der Waals surface area contributed by atoms with Gasteiger partial charge in [-0.2, -0.15) is 11.8 Å². The number of pyridine rings is 1. The predicted octanol–water partition coefficient (Wildman–Crippen LogP) is 2.86. The zero-order valence-corrected chi connectivity index (χ0v) is 11.4. The van der Waals surface area contributed by atoms with Crippen LogP contribution < -0.4 is 0 Å². The average molecular weight is 276 g/mol. The molecule has 0 bridgehead atoms. The highest BCUT2D eigenvalue weighted by atomic mass is 32.2. The van der Waals surface area contributed by atoms with Gasteiger partial charge in [0.2, 0.25) is 0 Å². The number of carboxylic acids is 1. The number of carboxylic acid groups (broad SMARTS) is 1. The molecule has 0 amide bonds. The molecule has 1 fully saturated rings. The Bertz CT molecular complexity index is 603. The zero-order valence-electron chi connectivity index (χ0n) is 10.6. The summed E-state index contributed by atoms with van der Waals surface area (Å²) in [6.07, 6.45) is 8.33. The number of hydrogen-bond acceptors (Lipinski definition) is 3. The molecule has 3 rings (SSSR count). The second-order valence-electron chi connectivity index (χ2n) is 4.85. The van der Waals surface area contributed by atoms with E-state index in [1.54, 1.807) is 18.3 Å². The first kappa shape index (κ1) is 12.5. The van der Waals surface area contributed by atoms with Crippen LogP contribution in [0.1, 0.15) is 35.4 Å². The summed E-state index contributed by atoms with van der Waals surface area (Å²) < 4.78 is 1.92. The third-order valence-electron chi connectivity index (χ3n) is 3.56. The first-order valence-electron chi connectivity index (χ1n) is 6.55. The van der Waals surface area contributed by atoms with Gasteiger partial charge in [-0.25, -0.2) is 9.78 Å². The summed E-state index contributed by atoms with van der Waals surface area (Å²) in [4.78, 5) is 15.6. The van der Waals surface area contributed by atoms with E-state index in [2.05, 4.69) is 4.98 Å². The fraction of sp³-hybridized carbons (Fsp3) is 0.429. The second-order valence-corrected chi connectivity index (χ2v) is 6.26. The lowest BCUT2D eigenvalue weighted by Crippen LogP contribution is -2.14. The van der Waals surface area contributed by atoms with Crippen molar-refractivity contribution in [2.45, 2.75) is 30.9 Å². The van der Waals surface area contributed by atoms with Gasteiger partial charge >= 0.3 is 5.97 Å². The number of hydrogen-bond donors (Lipinski definition) is 1. The van der Waals surface area contributed by atoms with Gasteiger partial charge in [-0.3, -0.25) is 0 Å². The van der Waals surface area contributed by atoms with E-state index >= 15 is 0 Å². The quantitative estimate of drug-likeness (QED) is 0.936. The summed E-state index contributed by atoms with van der Waals surface area (Å²) >= 11 is 2.01. The van der Waals surface area contributed by atoms with Crippen LogP contribution in [-0.4, -0.2) is 31.5 Å². The van der Waals surface area contributed by atoms with Gasteiger partial charge in [0, 0.05) is 17.9 Å². The minimum atomic E-state index is -0.899. The van der Waals surface area contributed by atoms with Crippen molar-refractivity contribution in [1.82, 2.24) is 9.38 Å². The van der Waals surface area contributed by atoms with E-state index < -0.39 is 5.97 Å². The van der Waals surface area contributed by atoms with Crippen LogP contribution in [0.15, 0.2) is 24.5 Å². The molecule has 19 heavy (non-hydrogen) atoms. The summed E-state index contributed by atoms with van der Waals surface area (Å²) in [5.41, 5.74) is 1.00. The van der Waals surface area contributed by atoms with Crippen LogP contribution in [0.3, 0.4) is 0 Å². The van der Waals surface area contributed by atoms with E-state index in [0.717, 1.165) is 12.2 Å². The number of thioether (sulfide) groups is 1. The Labute approximate surface area is 115 Å². The van der Waals surface area contributed by atoms with Crippen molar-refractivity contribution >= 4 is 23.2 Å². The Morgan fingerprint density at radius 3 is 3.16 bits per heavy atom. The molecule has 5 heteroatoms. The van der Waals surface area contributed by atoms with E-state index in [4.69, 9.17) is 5.11 Å². The summed E-state index contributed by atoms with van der Waals surface area (Å²) in [5, 5.41) is 9.79. The van der Waals surface area contributed by atoms with Crippen molar-refractivity contribution in [2.75, 3.05) is 5.75 Å². The number of carbonyl (C=O) groups is 1. The largest absolute Gasteiger partial charge is 0.478 e. The lowest BCUT2D eigenvalue weighted by molar-refractivity contribution is 0.0698. The fourth-order valence-electron chi connectivity index (χ4n) is 2.58. The number of nitrogens with zero attached hydrogens (tertiary/aromatic N) is 2. The highest BCUT2D eigenvalue weighted by molar-refractivity contribution is 7.99. The van der Waals surface area contributed by atoms with Crippen molar-refractivity contribution in [2.24, 2.45) is 0 Å². The summed E-state index contributed by atoms with van der Waals surface area (Å²) in [7, 11) is 0. The van der Waals surface area contributed by atoms with E-state index in [1.807, 2.05) is 22.4 Å². The minimum Gasteiger partial charge on any atom is -0.478 e. The maximum absolute atomic E-state index is 11.2. The van der Waals surface area contributed by atoms with Crippen molar-refractivity contribution in [3.05, 3.63) is 35.9 Å². The molecule has 0 radical (unpaired) electrons. The molecule has 1 aliphatic heterocycles. The predicted molar refractivity (Wildman–Crippen MR) is 76.0 cm³/mol. The molecule has 1 unspecified atom stereocenters. The maximum atomic E-state index is 11.2. The highest BCUT2D eigenvalue weighted by Gasteiger charge is 2.18. The molecular formula is C14H16N2O2S. The van der Waals surface area contributed by atoms with Crippen LogP contribution in [0.2, 0.25) is 0 Å². The SMILES string of the molecule is O=C(O)c1cccn2c(CC3CCCCS3)ncc12. The molecule has 1 atom stereocenters. The van der Waals surface area contributed by atoms with Crippen LogP contribution in [0, 0.1) is 0 Å². The Balaban J connectivity index is 1.92. The number of fused-ring (bicyclic) bond motifs is 1. The second kappa shape index (κ2) is 5.25. The Morgan fingerprint density at radius 2 is 2.42 bits per heavy atom. The van der Waals surface area contributed by atoms with Gasteiger partial charge in [-0.05, 0) is 30.7 Å². The van der Waals surface area contributed by atoms with Crippen molar-refractivity contribution in [3.63, 3.8) is 0 Å². The lowest BCUT2D eigenvalue weighted by Gasteiger charge is -2.20. The van der Waals surface area contributed by atoms with Crippen molar-refractivity contribution in [1.29, 1.82) is 0 Å². The van der Waals surface area contributed by atoms with Gasteiger partial charge in [-0.15, -0.1) is 0 Å². The van der Waals surface area contributed by atoms with Crippen LogP contribution in [0.5, 0.6) is 0 Å². The summed E-state index contributed by atoms with van der Waals surface area (Å²) in [6.45, 7) is 0. The van der Waals surface area contributed by atoms with E-state index in [9.17, 15) is 4.79 Å². The smallest absolute Gasteiger partial charge is 0.337 e. The molecule has 0 aliphatic carbocycles. The minimum absolute atomic E-state index is 0.317. The average Bonchev–Trinajstić information content (AvgIpc) is 2.83. The Morgan fingerprint density at radius 1 is 1.53 bits per heavy atom. The molecule has 1 aliphatic rings. The van der Waals surface area contributed by atoms with E-state index in [-0.39, 0.29) is 0 Å². The molecular weight excluding hydrogens is 260 g/mol. The Hall–Kier alpha value is -1.49. The van der Waals surface area contributed by atoms with Gasteiger partial charge in [0.05, 0.1) is 17.3 Å². The Kier molecular flexibility index (Phi) is 3.46. The topological polar surface area (TPSA) is 54.6 Å². The van der Waals surface area contributed by atoms with Gasteiger partial charge < -0.3 is 9.51 Å². The van der Waals surface area contributed by atoms with Crippen LogP contribution in [0.25, 0.3) is 5.52 Å². The standard InChI is InChI=1S/C14H16N2O2S/c17-14(18)11-5-3-6-16-12(11)9-15-13(16)8-10-4-1-2-7-19-10/h3,5-6,9-10H,1-2,4,7-8H2,(H,17,18). The number of aromatic nitrogens is 2. The van der Waals surface area contributed by atoms with E-state index in [0.29, 0.717) is 16.3 Å². The van der Waals surface area contributed by atoms with E-state index in [1.165, 1.54) is 25.0 Å². The molecule has 1 saturated heterocycles. The van der Waals surface area contributed by atoms with Gasteiger partial charge in [0.15, 0.2) is 0 Å². The zero-order chi connectivity index (χ0) is 13.2. The fourth-order valence-corrected chi connectivity index (χ4v) is 3.88. The maximum Gasteiger partial charge on any atom is 0.337 e. The first-order chi connectivity index (χ1) is 9.25. The monoisotopic (exact) mass is 276 g/mol. The third kappa shape index (κ3) is 2.47. The van der Waals surface area contributed by atoms with Crippen molar-refractivity contribution in [3.8, 4) is 0 Å². The number of imidazole rings is 1. The molecule has 3 heterocycles. The first-order valence-corrected chi connectivity index (χ1v) is 7.60. The molecule has 2 aromatic rings. The third-order valence-corrected chi connectivity index (χ3v) is 4.96. The van der Waals surface area contributed by atoms with Gasteiger partial charge in [-0.1, -0.05) is 6.42 Å². The van der Waals surface area contributed by atoms with Gasteiger partial charge in [0.1, 0.15) is 5.82 Å². The molecule has 1 N–H and O–H groups in total. The normalized spacial score (nSPS) is 19.7. The van der Waals surface area contributed by atoms with Crippen LogP contribution in [0.4, 0.5) is 0 Å². The van der Waals surface area contributed by atoms with Crippen LogP contribution >= 0.6 is 11.8 Å². The number of rotatable bonds is 3. The highest BCUT2D eigenvalue weighted by Crippen LogP contribution is 2.28.